The van der Waals surface area contributed by atoms with Gasteiger partial charge in [-0.1, -0.05) is 74.0 Å². The second-order valence-electron chi connectivity index (χ2n) is 8.93. The molecule has 0 radical (unpaired) electrons. The summed E-state index contributed by atoms with van der Waals surface area (Å²) in [6.07, 6.45) is 1.36. The molecule has 3 aromatic carbocycles. The molecule has 0 aromatic heterocycles. The van der Waals surface area contributed by atoms with Gasteiger partial charge in [-0.25, -0.2) is 0 Å². The number of rotatable bonds is 1. The molecule has 2 aliphatic rings. The van der Waals surface area contributed by atoms with Gasteiger partial charge in [0, 0.05) is 29.9 Å². The minimum atomic E-state index is -0.0756. The number of ether oxygens (including phenoxy) is 1. The van der Waals surface area contributed by atoms with Crippen molar-refractivity contribution in [3.8, 4) is 5.75 Å². The average Bonchev–Trinajstić information content (AvgIpc) is 2.65. The van der Waals surface area contributed by atoms with E-state index >= 15 is 0 Å². The van der Waals surface area contributed by atoms with Gasteiger partial charge in [0.15, 0.2) is 5.78 Å². The number of benzene rings is 3. The lowest BCUT2D eigenvalue weighted by molar-refractivity contribution is -0.118. The van der Waals surface area contributed by atoms with Crippen molar-refractivity contribution in [2.24, 2.45) is 5.41 Å². The number of fused-ring (bicyclic) bond motifs is 3. The van der Waals surface area contributed by atoms with Crippen LogP contribution in [0.3, 0.4) is 0 Å². The van der Waals surface area contributed by atoms with Crippen molar-refractivity contribution in [2.75, 3.05) is 0 Å². The number of hydrogen-bond donors (Lipinski definition) is 0. The van der Waals surface area contributed by atoms with E-state index in [2.05, 4.69) is 81.4 Å². The number of carbonyl (C=O) groups is 1. The molecule has 2 heteroatoms. The van der Waals surface area contributed by atoms with Gasteiger partial charge in [0.25, 0.3) is 0 Å². The maximum absolute atomic E-state index is 13.3. The minimum absolute atomic E-state index is 0.0680. The highest BCUT2D eigenvalue weighted by Crippen LogP contribution is 2.51. The van der Waals surface area contributed by atoms with Gasteiger partial charge >= 0.3 is 0 Å². The zero-order valence-corrected chi connectivity index (χ0v) is 16.6. The first-order chi connectivity index (χ1) is 13.4. The largest absolute Gasteiger partial charge is 0.461 e. The van der Waals surface area contributed by atoms with Crippen LogP contribution in [-0.2, 0) is 4.79 Å². The topological polar surface area (TPSA) is 26.3 Å². The van der Waals surface area contributed by atoms with E-state index in [0.717, 1.165) is 34.5 Å². The van der Waals surface area contributed by atoms with Crippen LogP contribution in [0.2, 0.25) is 0 Å². The molecule has 0 saturated carbocycles. The molecule has 0 spiro atoms. The molecular formula is C26H24O2. The van der Waals surface area contributed by atoms with E-state index in [1.807, 2.05) is 0 Å². The second-order valence-corrected chi connectivity index (χ2v) is 8.93. The van der Waals surface area contributed by atoms with Crippen LogP contribution >= 0.6 is 0 Å². The van der Waals surface area contributed by atoms with Crippen LogP contribution in [0.25, 0.3) is 10.8 Å². The number of ketones is 1. The highest BCUT2D eigenvalue weighted by atomic mass is 16.5. The summed E-state index contributed by atoms with van der Waals surface area (Å²) in [6.45, 7) is 6.40. The van der Waals surface area contributed by atoms with E-state index in [-0.39, 0.29) is 17.1 Å². The van der Waals surface area contributed by atoms with E-state index in [9.17, 15) is 4.79 Å². The zero-order chi connectivity index (χ0) is 19.5. The highest BCUT2D eigenvalue weighted by molar-refractivity contribution is 6.02. The summed E-state index contributed by atoms with van der Waals surface area (Å²) in [7, 11) is 0. The maximum atomic E-state index is 13.3. The molecule has 0 amide bonds. The van der Waals surface area contributed by atoms with E-state index < -0.39 is 0 Å². The monoisotopic (exact) mass is 368 g/mol. The molecule has 1 unspecified atom stereocenters. The fourth-order valence-corrected chi connectivity index (χ4v) is 4.81. The molecule has 28 heavy (non-hydrogen) atoms. The first-order valence-corrected chi connectivity index (χ1v) is 9.95. The number of aryl methyl sites for hydroxylation is 1. The summed E-state index contributed by atoms with van der Waals surface area (Å²) in [6, 6.07) is 21.1. The van der Waals surface area contributed by atoms with Crippen molar-refractivity contribution >= 4 is 16.6 Å². The normalized spacial score (nSPS) is 20.5. The van der Waals surface area contributed by atoms with Crippen molar-refractivity contribution in [3.63, 3.8) is 0 Å². The predicted molar refractivity (Wildman–Crippen MR) is 113 cm³/mol. The van der Waals surface area contributed by atoms with E-state index in [1.165, 1.54) is 16.5 Å². The smallest absolute Gasteiger partial charge is 0.163 e. The van der Waals surface area contributed by atoms with Crippen molar-refractivity contribution < 1.29 is 9.53 Å². The first-order valence-electron chi connectivity index (χ1n) is 9.95. The Morgan fingerprint density at radius 3 is 2.61 bits per heavy atom. The van der Waals surface area contributed by atoms with Gasteiger partial charge in [-0.05, 0) is 34.7 Å². The van der Waals surface area contributed by atoms with E-state index in [0.29, 0.717) is 6.42 Å². The van der Waals surface area contributed by atoms with Crippen LogP contribution in [0.1, 0.15) is 49.3 Å². The van der Waals surface area contributed by atoms with Crippen LogP contribution in [0.4, 0.5) is 0 Å². The Labute approximate surface area is 165 Å². The number of carbonyl (C=O) groups excluding carboxylic acids is 1. The van der Waals surface area contributed by atoms with Crippen molar-refractivity contribution in [1.29, 1.82) is 0 Å². The Kier molecular flexibility index (Phi) is 3.74. The Morgan fingerprint density at radius 2 is 1.79 bits per heavy atom. The Hall–Kier alpha value is -2.87. The molecule has 2 nitrogen and oxygen atoms in total. The van der Waals surface area contributed by atoms with Gasteiger partial charge in [-0.3, -0.25) is 4.79 Å². The van der Waals surface area contributed by atoms with Crippen molar-refractivity contribution in [3.05, 3.63) is 88.7 Å². The quantitative estimate of drug-likeness (QED) is 0.503. The van der Waals surface area contributed by atoms with Gasteiger partial charge in [-0.2, -0.15) is 0 Å². The Balaban J connectivity index is 1.83. The molecule has 1 heterocycles. The predicted octanol–water partition coefficient (Wildman–Crippen LogP) is 6.32. The van der Waals surface area contributed by atoms with Gasteiger partial charge in [0.1, 0.15) is 11.5 Å². The Morgan fingerprint density at radius 1 is 0.964 bits per heavy atom. The lowest BCUT2D eigenvalue weighted by atomic mass is 9.69. The summed E-state index contributed by atoms with van der Waals surface area (Å²) in [5, 5.41) is 2.34. The standard InChI is InChI=1S/C26H24O2/c1-16-7-6-9-18(13-16)23-24-19-10-5-4-8-17(19)11-12-21(24)28-22-15-26(2,3)14-20(27)25(22)23/h4-13,23H,14-15H2,1-3H3. The molecule has 0 N–H and O–H groups in total. The van der Waals surface area contributed by atoms with Crippen LogP contribution in [0.5, 0.6) is 5.75 Å². The third-order valence-electron chi connectivity index (χ3n) is 6.00. The molecule has 3 aromatic rings. The lowest BCUT2D eigenvalue weighted by Gasteiger charge is -2.38. The van der Waals surface area contributed by atoms with Gasteiger partial charge in [-0.15, -0.1) is 0 Å². The van der Waals surface area contributed by atoms with E-state index in [1.54, 1.807) is 0 Å². The van der Waals surface area contributed by atoms with Crippen LogP contribution in [0, 0.1) is 12.3 Å². The fraction of sp³-hybridized carbons (Fsp3) is 0.269. The minimum Gasteiger partial charge on any atom is -0.461 e. The molecule has 5 rings (SSSR count). The third kappa shape index (κ3) is 2.67. The molecule has 0 fully saturated rings. The number of Topliss-reactive ketones (excluding diaryl/α,β-unsaturated/α-hetero) is 1. The van der Waals surface area contributed by atoms with Gasteiger partial charge < -0.3 is 4.74 Å². The molecular weight excluding hydrogens is 344 g/mol. The molecule has 140 valence electrons. The SMILES string of the molecule is Cc1cccc(C2C3=C(CC(C)(C)CC3=O)Oc3ccc4ccccc4c32)c1. The molecule has 0 bridgehead atoms. The summed E-state index contributed by atoms with van der Waals surface area (Å²) < 4.78 is 6.39. The number of hydrogen-bond acceptors (Lipinski definition) is 2. The molecule has 0 saturated heterocycles. The van der Waals surface area contributed by atoms with Crippen LogP contribution < -0.4 is 4.74 Å². The maximum Gasteiger partial charge on any atom is 0.163 e. The third-order valence-corrected chi connectivity index (χ3v) is 6.00. The molecule has 1 atom stereocenters. The number of allylic oxidation sites excluding steroid dienone is 2. The van der Waals surface area contributed by atoms with Crippen LogP contribution in [-0.4, -0.2) is 5.78 Å². The summed E-state index contributed by atoms with van der Waals surface area (Å²) in [4.78, 5) is 13.3. The zero-order valence-electron chi connectivity index (χ0n) is 16.6. The fourth-order valence-electron chi connectivity index (χ4n) is 4.81. The average molecular weight is 368 g/mol. The summed E-state index contributed by atoms with van der Waals surface area (Å²) >= 11 is 0. The summed E-state index contributed by atoms with van der Waals surface area (Å²) in [5.41, 5.74) is 4.28. The first kappa shape index (κ1) is 17.2. The molecule has 1 aliphatic carbocycles. The van der Waals surface area contributed by atoms with Crippen LogP contribution in [0.15, 0.2) is 72.0 Å². The van der Waals surface area contributed by atoms with E-state index in [4.69, 9.17) is 4.74 Å². The highest BCUT2D eigenvalue weighted by Gasteiger charge is 2.42. The second kappa shape index (κ2) is 6.07. The molecule has 1 aliphatic heterocycles. The van der Waals surface area contributed by atoms with Crippen molar-refractivity contribution in [1.82, 2.24) is 0 Å². The Bertz CT molecular complexity index is 1150. The summed E-state index contributed by atoms with van der Waals surface area (Å²) in [5.74, 6) is 1.88. The van der Waals surface area contributed by atoms with Gasteiger partial charge in [0.2, 0.25) is 0 Å². The lowest BCUT2D eigenvalue weighted by Crippen LogP contribution is -2.33. The van der Waals surface area contributed by atoms with Gasteiger partial charge in [0.05, 0.1) is 0 Å². The van der Waals surface area contributed by atoms with Crippen molar-refractivity contribution in [2.45, 2.75) is 39.5 Å².